The average molecular weight is 226 g/mol. The third-order valence-corrected chi connectivity index (χ3v) is 3.09. The van der Waals surface area contributed by atoms with E-state index in [0.717, 1.165) is 19.3 Å². The fraction of sp³-hybridized carbons (Fsp3) is 0.923. The molecule has 16 heavy (non-hydrogen) atoms. The molecule has 1 aliphatic rings. The fourth-order valence-corrected chi connectivity index (χ4v) is 1.84. The predicted molar refractivity (Wildman–Crippen MR) is 67.4 cm³/mol. The molecule has 2 atom stereocenters. The van der Waals surface area contributed by atoms with Crippen molar-refractivity contribution in [2.75, 3.05) is 0 Å². The van der Waals surface area contributed by atoms with E-state index in [4.69, 9.17) is 0 Å². The van der Waals surface area contributed by atoms with Crippen LogP contribution in [0.2, 0.25) is 0 Å². The lowest BCUT2D eigenvalue weighted by Gasteiger charge is -2.19. The molecule has 1 fully saturated rings. The van der Waals surface area contributed by atoms with E-state index >= 15 is 0 Å². The molecule has 0 aliphatic heterocycles. The Balaban J connectivity index is 2.10. The quantitative estimate of drug-likeness (QED) is 0.623. The van der Waals surface area contributed by atoms with Gasteiger partial charge in [0.05, 0.1) is 6.04 Å². The van der Waals surface area contributed by atoms with Crippen molar-refractivity contribution in [2.24, 2.45) is 0 Å². The van der Waals surface area contributed by atoms with Crippen molar-refractivity contribution in [1.82, 2.24) is 10.6 Å². The second-order valence-electron chi connectivity index (χ2n) is 5.07. The molecule has 3 nitrogen and oxygen atoms in total. The van der Waals surface area contributed by atoms with Gasteiger partial charge in [0.2, 0.25) is 5.91 Å². The highest BCUT2D eigenvalue weighted by Gasteiger charge is 2.25. The summed E-state index contributed by atoms with van der Waals surface area (Å²) in [5, 5.41) is 6.38. The Morgan fingerprint density at radius 1 is 1.31 bits per heavy atom. The van der Waals surface area contributed by atoms with Gasteiger partial charge in [-0.3, -0.25) is 4.79 Å². The van der Waals surface area contributed by atoms with E-state index in [1.165, 1.54) is 19.3 Å². The largest absolute Gasteiger partial charge is 0.352 e. The minimum atomic E-state index is -0.0581. The molecule has 0 radical (unpaired) electrons. The minimum Gasteiger partial charge on any atom is -0.352 e. The SMILES string of the molecule is CCCCCC(C)NC(C)C(=O)NC1CC1. The molecule has 94 valence electrons. The van der Waals surface area contributed by atoms with Crippen molar-refractivity contribution in [3.8, 4) is 0 Å². The highest BCUT2D eigenvalue weighted by atomic mass is 16.2. The van der Waals surface area contributed by atoms with Crippen LogP contribution in [0.1, 0.15) is 59.3 Å². The molecule has 0 aromatic carbocycles. The number of amides is 1. The van der Waals surface area contributed by atoms with E-state index in [0.29, 0.717) is 12.1 Å². The number of hydrogen-bond donors (Lipinski definition) is 2. The molecule has 1 saturated carbocycles. The molecule has 2 unspecified atom stereocenters. The van der Waals surface area contributed by atoms with E-state index in [1.807, 2.05) is 6.92 Å². The summed E-state index contributed by atoms with van der Waals surface area (Å²) in [5.74, 6) is 0.157. The van der Waals surface area contributed by atoms with E-state index in [2.05, 4.69) is 24.5 Å². The molecular weight excluding hydrogens is 200 g/mol. The van der Waals surface area contributed by atoms with Crippen LogP contribution in [0.3, 0.4) is 0 Å². The summed E-state index contributed by atoms with van der Waals surface area (Å²) in [6, 6.07) is 0.843. The van der Waals surface area contributed by atoms with Crippen molar-refractivity contribution in [3.05, 3.63) is 0 Å². The molecule has 0 aromatic rings. The Hall–Kier alpha value is -0.570. The first kappa shape index (κ1) is 13.5. The van der Waals surface area contributed by atoms with Crippen LogP contribution >= 0.6 is 0 Å². The monoisotopic (exact) mass is 226 g/mol. The summed E-state index contributed by atoms with van der Waals surface area (Å²) in [7, 11) is 0. The van der Waals surface area contributed by atoms with Gasteiger partial charge in [-0.1, -0.05) is 26.2 Å². The molecule has 0 bridgehead atoms. The van der Waals surface area contributed by atoms with Gasteiger partial charge >= 0.3 is 0 Å². The smallest absolute Gasteiger partial charge is 0.237 e. The van der Waals surface area contributed by atoms with E-state index in [1.54, 1.807) is 0 Å². The van der Waals surface area contributed by atoms with Crippen molar-refractivity contribution in [3.63, 3.8) is 0 Å². The number of unbranched alkanes of at least 4 members (excludes halogenated alkanes) is 2. The lowest BCUT2D eigenvalue weighted by Crippen LogP contribution is -2.46. The highest BCUT2D eigenvalue weighted by molar-refractivity contribution is 5.81. The summed E-state index contributed by atoms with van der Waals surface area (Å²) in [4.78, 5) is 11.7. The summed E-state index contributed by atoms with van der Waals surface area (Å²) in [6.07, 6.45) is 7.27. The second-order valence-corrected chi connectivity index (χ2v) is 5.07. The summed E-state index contributed by atoms with van der Waals surface area (Å²) in [6.45, 7) is 6.33. The summed E-state index contributed by atoms with van der Waals surface area (Å²) >= 11 is 0. The Bertz CT molecular complexity index is 214. The number of carbonyl (C=O) groups excluding carboxylic acids is 1. The molecule has 0 saturated heterocycles. The van der Waals surface area contributed by atoms with Crippen LogP contribution in [-0.2, 0) is 4.79 Å². The normalized spacial score (nSPS) is 19.2. The molecule has 1 amide bonds. The molecule has 0 spiro atoms. The Morgan fingerprint density at radius 2 is 2.00 bits per heavy atom. The van der Waals surface area contributed by atoms with Gasteiger partial charge in [-0.2, -0.15) is 0 Å². The number of rotatable bonds is 8. The van der Waals surface area contributed by atoms with Crippen molar-refractivity contribution < 1.29 is 4.79 Å². The molecule has 2 N–H and O–H groups in total. The van der Waals surface area contributed by atoms with Crippen molar-refractivity contribution >= 4 is 5.91 Å². The molecule has 1 aliphatic carbocycles. The summed E-state index contributed by atoms with van der Waals surface area (Å²) in [5.41, 5.74) is 0. The van der Waals surface area contributed by atoms with Crippen LogP contribution < -0.4 is 10.6 Å². The third-order valence-electron chi connectivity index (χ3n) is 3.09. The van der Waals surface area contributed by atoms with Gasteiger partial charge in [0, 0.05) is 12.1 Å². The lowest BCUT2D eigenvalue weighted by atomic mass is 10.1. The zero-order valence-electron chi connectivity index (χ0n) is 10.9. The second kappa shape index (κ2) is 6.89. The zero-order valence-corrected chi connectivity index (χ0v) is 10.9. The van der Waals surface area contributed by atoms with Gasteiger partial charge in [-0.05, 0) is 33.1 Å². The van der Waals surface area contributed by atoms with Gasteiger partial charge in [0.1, 0.15) is 0 Å². The van der Waals surface area contributed by atoms with E-state index in [-0.39, 0.29) is 11.9 Å². The first-order valence-electron chi connectivity index (χ1n) is 6.70. The van der Waals surface area contributed by atoms with Crippen molar-refractivity contribution in [1.29, 1.82) is 0 Å². The number of nitrogens with one attached hydrogen (secondary N) is 2. The predicted octanol–water partition coefficient (Wildman–Crippen LogP) is 2.21. The maximum atomic E-state index is 11.7. The molecule has 1 rings (SSSR count). The van der Waals surface area contributed by atoms with Crippen LogP contribution in [0.4, 0.5) is 0 Å². The van der Waals surface area contributed by atoms with Crippen LogP contribution in [0.15, 0.2) is 0 Å². The molecular formula is C13H26N2O. The maximum absolute atomic E-state index is 11.7. The van der Waals surface area contributed by atoms with Crippen LogP contribution in [0, 0.1) is 0 Å². The fourth-order valence-electron chi connectivity index (χ4n) is 1.84. The number of hydrogen-bond acceptors (Lipinski definition) is 2. The van der Waals surface area contributed by atoms with E-state index < -0.39 is 0 Å². The maximum Gasteiger partial charge on any atom is 0.237 e. The van der Waals surface area contributed by atoms with Crippen molar-refractivity contribution in [2.45, 2.75) is 77.4 Å². The Kier molecular flexibility index (Phi) is 5.81. The molecule has 3 heteroatoms. The number of carbonyl (C=O) groups is 1. The minimum absolute atomic E-state index is 0.0581. The Labute approximate surface area is 99.4 Å². The summed E-state index contributed by atoms with van der Waals surface area (Å²) < 4.78 is 0. The van der Waals surface area contributed by atoms with Crippen LogP contribution in [0.25, 0.3) is 0 Å². The standard InChI is InChI=1S/C13H26N2O/c1-4-5-6-7-10(2)14-11(3)13(16)15-12-8-9-12/h10-12,14H,4-9H2,1-3H3,(H,15,16). The van der Waals surface area contributed by atoms with Gasteiger partial charge in [-0.25, -0.2) is 0 Å². The topological polar surface area (TPSA) is 41.1 Å². The van der Waals surface area contributed by atoms with Gasteiger partial charge < -0.3 is 10.6 Å². The van der Waals surface area contributed by atoms with E-state index in [9.17, 15) is 4.79 Å². The van der Waals surface area contributed by atoms with Gasteiger partial charge in [0.25, 0.3) is 0 Å². The first-order valence-corrected chi connectivity index (χ1v) is 6.70. The Morgan fingerprint density at radius 3 is 2.56 bits per heavy atom. The molecule has 0 heterocycles. The van der Waals surface area contributed by atoms with Gasteiger partial charge in [-0.15, -0.1) is 0 Å². The average Bonchev–Trinajstić information content (AvgIpc) is 3.02. The lowest BCUT2D eigenvalue weighted by molar-refractivity contribution is -0.123. The first-order chi connectivity index (χ1) is 7.63. The van der Waals surface area contributed by atoms with Gasteiger partial charge in [0.15, 0.2) is 0 Å². The third kappa shape index (κ3) is 5.50. The van der Waals surface area contributed by atoms with Crippen LogP contribution in [-0.4, -0.2) is 24.0 Å². The van der Waals surface area contributed by atoms with Crippen LogP contribution in [0.5, 0.6) is 0 Å². The highest BCUT2D eigenvalue weighted by Crippen LogP contribution is 2.18. The zero-order chi connectivity index (χ0) is 12.0. The molecule has 0 aromatic heterocycles.